The van der Waals surface area contributed by atoms with Gasteiger partial charge in [-0.2, -0.15) is 0 Å². The van der Waals surface area contributed by atoms with Crippen LogP contribution in [0.1, 0.15) is 113 Å². The van der Waals surface area contributed by atoms with E-state index >= 15 is 0 Å². The first kappa shape index (κ1) is 95.1. The molecule has 0 aliphatic carbocycles. The standard InChI is InChI=1S/C22H31BN2O4.C20H25BO2.C18H23BN2O2.C17H19BO4.C15H14BFO3/c1-24(2)11-13-28-21-9-7-18(8-10-21)5-6-19-15-20(23(26)27)17-22(16-19)29-14-12-25(3)4;1-14(2)18-9-7-16(8-10-18)5-6-17-11-19(15(3)4)13-20(12-17)21(22)23;1-20(2)17-9-7-14(8-10-17)5-6-15-11-16(19(22)23)13-18(12-15)21(3)4;1-3-22-16-8-6-13(7-9-16)4-5-14-10-15(18(19)20)12-17(11-14)21-2;1-20-15-9-12(8-13(10-15)16(18)19)3-2-11-4-6-14(17)7-5-11/h5-10,15-17,26-27H,11-14H2,1-4H3;5-15,22-23H,1-4H3;5-13,22-23H,1-4H3;4-12,19-20H,3H2,1-2H3;2-10,18-19H,1H3/b3*6-5+;5-4+;3-2+. The predicted molar refractivity (Wildman–Crippen MR) is 487 cm³/mol. The Morgan fingerprint density at radius 1 is 0.299 bits per heavy atom. The molecule has 19 nitrogen and oxygen atoms in total. The second-order valence-corrected chi connectivity index (χ2v) is 29.0. The molecule has 10 N–H and O–H groups in total. The van der Waals surface area contributed by atoms with Crippen LogP contribution in [0.25, 0.3) is 60.8 Å². The van der Waals surface area contributed by atoms with E-state index in [1.165, 1.54) is 24.8 Å². The van der Waals surface area contributed by atoms with Gasteiger partial charge in [0.2, 0.25) is 0 Å². The first-order chi connectivity index (χ1) is 55.8. The van der Waals surface area contributed by atoms with Crippen molar-refractivity contribution in [3.8, 4) is 28.7 Å². The van der Waals surface area contributed by atoms with Crippen molar-refractivity contribution in [1.82, 2.24) is 9.80 Å². The van der Waals surface area contributed by atoms with E-state index < -0.39 is 35.6 Å². The summed E-state index contributed by atoms with van der Waals surface area (Å²) in [7, 11) is 11.4. The number of benzene rings is 10. The van der Waals surface area contributed by atoms with Gasteiger partial charge >= 0.3 is 35.6 Å². The molecule has 0 saturated carbocycles. The molecule has 0 radical (unpaired) electrons. The zero-order valence-electron chi connectivity index (χ0n) is 69.7. The maximum Gasteiger partial charge on any atom is 0.488 e. The third-order valence-corrected chi connectivity index (χ3v) is 17.9. The minimum atomic E-state index is -1.55. The van der Waals surface area contributed by atoms with Crippen molar-refractivity contribution in [3.05, 3.63) is 285 Å². The van der Waals surface area contributed by atoms with E-state index in [1.54, 1.807) is 79.9 Å². The highest BCUT2D eigenvalue weighted by Gasteiger charge is 2.18. The molecule has 612 valence electrons. The summed E-state index contributed by atoms with van der Waals surface area (Å²) in [5, 5.41) is 93.9. The zero-order chi connectivity index (χ0) is 85.7. The molecule has 0 saturated heterocycles. The Kier molecular flexibility index (Phi) is 40.1. The predicted octanol–water partition coefficient (Wildman–Crippen LogP) is 10.5. The van der Waals surface area contributed by atoms with Crippen LogP contribution in [-0.2, 0) is 0 Å². The lowest BCUT2D eigenvalue weighted by atomic mass is 9.77. The van der Waals surface area contributed by atoms with E-state index in [0.29, 0.717) is 76.2 Å². The SMILES string of the molecule is CC(C)c1ccc(/C=C/c2cc(B(O)O)cc(C(C)C)c2)cc1.CCOc1ccc(/C=C/c2cc(OC)cc(B(O)O)c2)cc1.CN(C)CCOc1ccc(/C=C/c2cc(OCCN(C)C)cc(B(O)O)c2)cc1.CN(C)c1ccc(/C=C/c2cc(B(O)O)cc(N(C)C)c2)cc1.COc1cc(/C=C/c2ccc(F)cc2)cc(B(O)O)c1. The normalized spacial score (nSPS) is 11.1. The maximum absolute atomic E-state index is 12.8. The van der Waals surface area contributed by atoms with Gasteiger partial charge in [-0.3, -0.25) is 0 Å². The third kappa shape index (κ3) is 34.9. The van der Waals surface area contributed by atoms with Crippen molar-refractivity contribution < 1.29 is 78.3 Å². The second-order valence-electron chi connectivity index (χ2n) is 29.0. The molecule has 0 fully saturated rings. The van der Waals surface area contributed by atoms with Crippen molar-refractivity contribution in [2.75, 3.05) is 113 Å². The van der Waals surface area contributed by atoms with Gasteiger partial charge in [-0.25, -0.2) is 4.39 Å². The van der Waals surface area contributed by atoms with Gasteiger partial charge in [-0.05, 0) is 238 Å². The van der Waals surface area contributed by atoms with E-state index in [9.17, 15) is 54.6 Å². The lowest BCUT2D eigenvalue weighted by Crippen LogP contribution is -2.30. The lowest BCUT2D eigenvalue weighted by molar-refractivity contribution is 0.261. The van der Waals surface area contributed by atoms with Crippen LogP contribution in [0.5, 0.6) is 28.7 Å². The summed E-state index contributed by atoms with van der Waals surface area (Å²) in [4.78, 5) is 8.10. The monoisotopic (exact) mass is 1590 g/mol. The number of ether oxygens (including phenoxy) is 5. The number of rotatable bonds is 31. The molecule has 0 aromatic heterocycles. The van der Waals surface area contributed by atoms with Crippen LogP contribution >= 0.6 is 0 Å². The van der Waals surface area contributed by atoms with Crippen molar-refractivity contribution in [2.24, 2.45) is 0 Å². The molecule has 0 spiro atoms. The Balaban J connectivity index is 0.000000228. The van der Waals surface area contributed by atoms with Crippen LogP contribution < -0.4 is 60.8 Å². The molecule has 10 aromatic carbocycles. The Morgan fingerprint density at radius 3 is 0.932 bits per heavy atom. The zero-order valence-corrected chi connectivity index (χ0v) is 69.7. The molecule has 117 heavy (non-hydrogen) atoms. The molecule has 0 heterocycles. The fourth-order valence-corrected chi connectivity index (χ4v) is 11.1. The van der Waals surface area contributed by atoms with E-state index in [1.807, 2.05) is 201 Å². The Hall–Kier alpha value is -10.7. The minimum absolute atomic E-state index is 0.283. The van der Waals surface area contributed by atoms with Crippen LogP contribution in [0, 0.1) is 5.82 Å². The molecule has 0 aliphatic rings. The molecular weight excluding hydrogens is 1470 g/mol. The Labute approximate surface area is 692 Å². The van der Waals surface area contributed by atoms with Gasteiger partial charge in [0.15, 0.2) is 0 Å². The largest absolute Gasteiger partial charge is 0.497 e. The van der Waals surface area contributed by atoms with Crippen LogP contribution in [0.15, 0.2) is 212 Å². The van der Waals surface area contributed by atoms with Crippen LogP contribution in [0.2, 0.25) is 0 Å². The molecule has 0 unspecified atom stereocenters. The smallest absolute Gasteiger partial charge is 0.488 e. The quantitative estimate of drug-likeness (QED) is 0.0143. The first-order valence-corrected chi connectivity index (χ1v) is 38.5. The summed E-state index contributed by atoms with van der Waals surface area (Å²) in [6.45, 7) is 14.0. The summed E-state index contributed by atoms with van der Waals surface area (Å²) in [6, 6.07) is 65.2. The second kappa shape index (κ2) is 49.4. The highest BCUT2D eigenvalue weighted by molar-refractivity contribution is 6.60. The molecule has 0 aliphatic heterocycles. The summed E-state index contributed by atoms with van der Waals surface area (Å²) in [5.41, 5.74) is 16.1. The van der Waals surface area contributed by atoms with Gasteiger partial charge in [-0.1, -0.05) is 204 Å². The number of likely N-dealkylation sites (N-methyl/N-ethyl adjacent to an activating group) is 2. The van der Waals surface area contributed by atoms with E-state index in [-0.39, 0.29) is 5.82 Å². The molecule has 25 heteroatoms. The average molecular weight is 1590 g/mol. The van der Waals surface area contributed by atoms with Crippen molar-refractivity contribution in [1.29, 1.82) is 0 Å². The van der Waals surface area contributed by atoms with Gasteiger partial charge in [-0.15, -0.1) is 0 Å². The number of anilines is 2. The van der Waals surface area contributed by atoms with E-state index in [0.717, 1.165) is 97.2 Å². The first-order valence-electron chi connectivity index (χ1n) is 38.5. The summed E-state index contributed by atoms with van der Waals surface area (Å²) in [5.74, 6) is 4.00. The number of nitrogens with zero attached hydrogens (tertiary/aromatic N) is 4. The van der Waals surface area contributed by atoms with Gasteiger partial charge in [0.05, 0.1) is 20.8 Å². The van der Waals surface area contributed by atoms with Crippen LogP contribution in [0.4, 0.5) is 15.8 Å². The fourth-order valence-electron chi connectivity index (χ4n) is 11.1. The van der Waals surface area contributed by atoms with E-state index in [4.69, 9.17) is 23.7 Å². The van der Waals surface area contributed by atoms with Crippen molar-refractivity contribution in [2.45, 2.75) is 46.5 Å². The van der Waals surface area contributed by atoms with Gasteiger partial charge in [0, 0.05) is 52.7 Å². The fraction of sp³-hybridized carbons (Fsp3) is 0.239. The topological polar surface area (TPSA) is 261 Å². The maximum atomic E-state index is 12.8. The molecule has 0 amide bonds. The molecular formula is C92H112B5FN4O15. The van der Waals surface area contributed by atoms with Crippen LogP contribution in [-0.4, -0.2) is 199 Å². The summed E-state index contributed by atoms with van der Waals surface area (Å²) < 4.78 is 39.9. The van der Waals surface area contributed by atoms with Crippen molar-refractivity contribution >= 4 is 135 Å². The highest BCUT2D eigenvalue weighted by atomic mass is 19.1. The Morgan fingerprint density at radius 2 is 0.590 bits per heavy atom. The lowest BCUT2D eigenvalue weighted by Gasteiger charge is -2.15. The molecule has 10 aromatic rings. The Bertz CT molecular complexity index is 4600. The number of hydrogen-bond donors (Lipinski definition) is 10. The van der Waals surface area contributed by atoms with E-state index in [2.05, 4.69) is 98.2 Å². The number of hydrogen-bond acceptors (Lipinski definition) is 19. The van der Waals surface area contributed by atoms with Crippen LogP contribution in [0.3, 0.4) is 0 Å². The molecule has 10 rings (SSSR count). The highest BCUT2D eigenvalue weighted by Crippen LogP contribution is 2.24. The van der Waals surface area contributed by atoms with Gasteiger partial charge < -0.3 is 93.5 Å². The molecule has 0 atom stereocenters. The number of methoxy groups -OCH3 is 2. The minimum Gasteiger partial charge on any atom is -0.497 e. The summed E-state index contributed by atoms with van der Waals surface area (Å²) in [6.07, 6.45) is 19.4. The molecule has 0 bridgehead atoms. The average Bonchev–Trinajstić information content (AvgIpc) is 0.842. The van der Waals surface area contributed by atoms with Gasteiger partial charge in [0.25, 0.3) is 0 Å². The van der Waals surface area contributed by atoms with Gasteiger partial charge in [0.1, 0.15) is 47.8 Å². The van der Waals surface area contributed by atoms with Crippen molar-refractivity contribution in [3.63, 3.8) is 0 Å². The summed E-state index contributed by atoms with van der Waals surface area (Å²) >= 11 is 0. The number of halogens is 1. The third-order valence-electron chi connectivity index (χ3n) is 17.9.